The van der Waals surface area contributed by atoms with Crippen molar-refractivity contribution < 1.29 is 18.7 Å². The molecular formula is C22H33N3O4. The van der Waals surface area contributed by atoms with E-state index in [9.17, 15) is 9.59 Å². The third-order valence-corrected chi connectivity index (χ3v) is 6.72. The van der Waals surface area contributed by atoms with Gasteiger partial charge in [0, 0.05) is 6.61 Å². The quantitative estimate of drug-likeness (QED) is 0.708. The van der Waals surface area contributed by atoms with E-state index in [0.29, 0.717) is 13.0 Å². The third kappa shape index (κ3) is 4.08. The van der Waals surface area contributed by atoms with Crippen molar-refractivity contribution in [1.82, 2.24) is 15.1 Å². The van der Waals surface area contributed by atoms with Crippen molar-refractivity contribution in [3.05, 3.63) is 23.7 Å². The molecule has 1 aromatic rings. The molecular weight excluding hydrogens is 370 g/mol. The molecule has 1 N–H and O–H groups in total. The number of carbonyl (C=O) groups excluding carboxylic acids is 2. The average molecular weight is 404 g/mol. The SMILES string of the molecule is CCC[C@@]1(C2CCN(Cc3ccc(C)o3)CC2)NC(=O)N(C[C@@H]2CCCO2)C1=O. The van der Waals surface area contributed by atoms with Crippen molar-refractivity contribution in [3.8, 4) is 0 Å². The first kappa shape index (κ1) is 20.4. The Balaban J connectivity index is 1.41. The number of furan rings is 1. The van der Waals surface area contributed by atoms with E-state index in [0.717, 1.165) is 69.9 Å². The topological polar surface area (TPSA) is 75.0 Å². The second-order valence-corrected chi connectivity index (χ2v) is 8.77. The predicted molar refractivity (Wildman–Crippen MR) is 108 cm³/mol. The fourth-order valence-electron chi connectivity index (χ4n) is 5.22. The smallest absolute Gasteiger partial charge is 0.325 e. The number of ether oxygens (including phenoxy) is 1. The van der Waals surface area contributed by atoms with E-state index in [-0.39, 0.29) is 24.0 Å². The van der Waals surface area contributed by atoms with Gasteiger partial charge in [-0.1, -0.05) is 13.3 Å². The standard InChI is InChI=1S/C22H33N3O4/c1-3-10-22(20(26)25(21(27)23-22)15-18-5-4-13-28-18)17-8-11-24(12-9-17)14-19-7-6-16(2)29-19/h6-7,17-18H,3-5,8-15H2,1-2H3,(H,23,27)/t18-,22-/m0/s1. The fraction of sp³-hybridized carbons (Fsp3) is 0.727. The number of aryl methyl sites for hydroxylation is 1. The van der Waals surface area contributed by atoms with Gasteiger partial charge in [-0.15, -0.1) is 0 Å². The molecule has 29 heavy (non-hydrogen) atoms. The maximum atomic E-state index is 13.4. The van der Waals surface area contributed by atoms with E-state index < -0.39 is 5.54 Å². The lowest BCUT2D eigenvalue weighted by molar-refractivity contribution is -0.135. The molecule has 0 spiro atoms. The number of piperidine rings is 1. The summed E-state index contributed by atoms with van der Waals surface area (Å²) in [4.78, 5) is 30.0. The molecule has 3 amide bonds. The molecule has 1 aromatic heterocycles. The average Bonchev–Trinajstić information content (AvgIpc) is 3.41. The lowest BCUT2D eigenvalue weighted by Gasteiger charge is -2.40. The third-order valence-electron chi connectivity index (χ3n) is 6.72. The second kappa shape index (κ2) is 8.48. The predicted octanol–water partition coefficient (Wildman–Crippen LogP) is 3.07. The van der Waals surface area contributed by atoms with Gasteiger partial charge in [-0.2, -0.15) is 0 Å². The number of hydrogen-bond donors (Lipinski definition) is 1. The van der Waals surface area contributed by atoms with Gasteiger partial charge in [0.15, 0.2) is 0 Å². The van der Waals surface area contributed by atoms with Gasteiger partial charge in [-0.05, 0) is 70.2 Å². The number of hydrogen-bond acceptors (Lipinski definition) is 5. The lowest BCUT2D eigenvalue weighted by atomic mass is 9.74. The molecule has 0 radical (unpaired) electrons. The molecule has 3 fully saturated rings. The molecule has 0 unspecified atom stereocenters. The Morgan fingerprint density at radius 2 is 2.00 bits per heavy atom. The number of nitrogens with zero attached hydrogens (tertiary/aromatic N) is 2. The van der Waals surface area contributed by atoms with Crippen molar-refractivity contribution >= 4 is 11.9 Å². The van der Waals surface area contributed by atoms with Crippen LogP contribution in [0.3, 0.4) is 0 Å². The Hall–Kier alpha value is -1.86. The number of nitrogens with one attached hydrogen (secondary N) is 1. The summed E-state index contributed by atoms with van der Waals surface area (Å²) in [7, 11) is 0. The molecule has 160 valence electrons. The van der Waals surface area contributed by atoms with Crippen molar-refractivity contribution in [3.63, 3.8) is 0 Å². The Kier molecular flexibility index (Phi) is 5.97. The maximum Gasteiger partial charge on any atom is 0.325 e. The zero-order valence-corrected chi connectivity index (χ0v) is 17.6. The van der Waals surface area contributed by atoms with Gasteiger partial charge in [0.1, 0.15) is 17.1 Å². The molecule has 0 aliphatic carbocycles. The van der Waals surface area contributed by atoms with Crippen LogP contribution in [0, 0.1) is 12.8 Å². The molecule has 7 nitrogen and oxygen atoms in total. The summed E-state index contributed by atoms with van der Waals surface area (Å²) in [5.41, 5.74) is -0.752. The number of likely N-dealkylation sites (tertiary alicyclic amines) is 1. The van der Waals surface area contributed by atoms with Crippen LogP contribution in [0.2, 0.25) is 0 Å². The Morgan fingerprint density at radius 1 is 1.21 bits per heavy atom. The second-order valence-electron chi connectivity index (χ2n) is 8.77. The molecule has 3 saturated heterocycles. The van der Waals surface area contributed by atoms with E-state index in [1.807, 2.05) is 19.1 Å². The van der Waals surface area contributed by atoms with Gasteiger partial charge in [-0.25, -0.2) is 4.79 Å². The number of carbonyl (C=O) groups is 2. The summed E-state index contributed by atoms with van der Waals surface area (Å²) >= 11 is 0. The molecule has 3 aliphatic heterocycles. The molecule has 0 aromatic carbocycles. The van der Waals surface area contributed by atoms with Gasteiger partial charge in [-0.3, -0.25) is 14.6 Å². The van der Waals surface area contributed by atoms with E-state index in [2.05, 4.69) is 17.1 Å². The number of imide groups is 1. The van der Waals surface area contributed by atoms with E-state index in [4.69, 9.17) is 9.15 Å². The van der Waals surface area contributed by atoms with E-state index in [1.54, 1.807) is 0 Å². The van der Waals surface area contributed by atoms with Crippen molar-refractivity contribution in [1.29, 1.82) is 0 Å². The van der Waals surface area contributed by atoms with Gasteiger partial charge < -0.3 is 14.5 Å². The number of urea groups is 1. The summed E-state index contributed by atoms with van der Waals surface area (Å²) in [6.07, 6.45) is 5.28. The van der Waals surface area contributed by atoms with Crippen molar-refractivity contribution in [2.24, 2.45) is 5.92 Å². The summed E-state index contributed by atoms with van der Waals surface area (Å²) in [6.45, 7) is 7.76. The number of rotatable bonds is 7. The van der Waals surface area contributed by atoms with Crippen LogP contribution in [-0.2, 0) is 16.1 Å². The first-order valence-electron chi connectivity index (χ1n) is 11.0. The maximum absolute atomic E-state index is 13.4. The fourth-order valence-corrected chi connectivity index (χ4v) is 5.22. The normalized spacial score (nSPS) is 29.0. The minimum atomic E-state index is -0.752. The van der Waals surface area contributed by atoms with Crippen LogP contribution < -0.4 is 5.32 Å². The van der Waals surface area contributed by atoms with E-state index in [1.165, 1.54) is 4.90 Å². The summed E-state index contributed by atoms with van der Waals surface area (Å²) in [5.74, 6) is 2.04. The minimum Gasteiger partial charge on any atom is -0.465 e. The first-order chi connectivity index (χ1) is 14.0. The molecule has 3 aliphatic rings. The van der Waals surface area contributed by atoms with Crippen LogP contribution in [0.15, 0.2) is 16.5 Å². The summed E-state index contributed by atoms with van der Waals surface area (Å²) < 4.78 is 11.4. The largest absolute Gasteiger partial charge is 0.465 e. The highest BCUT2D eigenvalue weighted by molar-refractivity contribution is 6.07. The Labute approximate surface area is 172 Å². The molecule has 0 bridgehead atoms. The van der Waals surface area contributed by atoms with Crippen LogP contribution in [-0.4, -0.2) is 59.6 Å². The number of amides is 3. The van der Waals surface area contributed by atoms with Gasteiger partial charge in [0.05, 0.1) is 19.2 Å². The van der Waals surface area contributed by atoms with Crippen LogP contribution in [0.5, 0.6) is 0 Å². The van der Waals surface area contributed by atoms with Crippen LogP contribution in [0.1, 0.15) is 57.0 Å². The Morgan fingerprint density at radius 3 is 2.62 bits per heavy atom. The molecule has 2 atom stereocenters. The zero-order valence-electron chi connectivity index (χ0n) is 17.6. The van der Waals surface area contributed by atoms with E-state index >= 15 is 0 Å². The highest BCUT2D eigenvalue weighted by atomic mass is 16.5. The molecule has 7 heteroatoms. The summed E-state index contributed by atoms with van der Waals surface area (Å²) in [6, 6.07) is 3.78. The van der Waals surface area contributed by atoms with Crippen molar-refractivity contribution in [2.45, 2.75) is 70.6 Å². The molecule has 4 heterocycles. The lowest BCUT2D eigenvalue weighted by Crippen LogP contribution is -2.56. The monoisotopic (exact) mass is 403 g/mol. The van der Waals surface area contributed by atoms with Crippen molar-refractivity contribution in [2.75, 3.05) is 26.2 Å². The molecule has 4 rings (SSSR count). The van der Waals surface area contributed by atoms with Gasteiger partial charge >= 0.3 is 6.03 Å². The van der Waals surface area contributed by atoms with Gasteiger partial charge in [0.2, 0.25) is 0 Å². The van der Waals surface area contributed by atoms with Crippen LogP contribution in [0.25, 0.3) is 0 Å². The Bertz CT molecular complexity index is 734. The summed E-state index contributed by atoms with van der Waals surface area (Å²) in [5, 5.41) is 3.12. The van der Waals surface area contributed by atoms with Crippen LogP contribution >= 0.6 is 0 Å². The van der Waals surface area contributed by atoms with Crippen LogP contribution in [0.4, 0.5) is 4.79 Å². The van der Waals surface area contributed by atoms with Gasteiger partial charge in [0.25, 0.3) is 5.91 Å². The minimum absolute atomic E-state index is 0.0132. The highest BCUT2D eigenvalue weighted by Gasteiger charge is 2.55. The zero-order chi connectivity index (χ0) is 20.4. The highest BCUT2D eigenvalue weighted by Crippen LogP contribution is 2.37. The first-order valence-corrected chi connectivity index (χ1v) is 11.0. The molecule has 0 saturated carbocycles.